The zero-order valence-electron chi connectivity index (χ0n) is 10.8. The molecule has 5 nitrogen and oxygen atoms in total. The minimum Gasteiger partial charge on any atom is -0.342 e. The monoisotopic (exact) mass is 323 g/mol. The highest BCUT2D eigenvalue weighted by molar-refractivity contribution is 6.42. The van der Waals surface area contributed by atoms with Gasteiger partial charge in [-0.3, -0.25) is 9.59 Å². The molecule has 21 heavy (non-hydrogen) atoms. The molecule has 2 aromatic rings. The normalized spacial score (nSPS) is 10.2. The lowest BCUT2D eigenvalue weighted by Gasteiger charge is -2.05. The number of carbonyl (C=O) groups excluding carboxylic acids is 2. The Morgan fingerprint density at radius 1 is 1.10 bits per heavy atom. The summed E-state index contributed by atoms with van der Waals surface area (Å²) in [6, 6.07) is 6.58. The predicted molar refractivity (Wildman–Crippen MR) is 79.5 cm³/mol. The van der Waals surface area contributed by atoms with Gasteiger partial charge in [0.2, 0.25) is 5.82 Å². The van der Waals surface area contributed by atoms with Gasteiger partial charge in [0.15, 0.2) is 5.78 Å². The Hall–Kier alpha value is -1.98. The molecular weight excluding hydrogens is 313 g/mol. The molecule has 1 N–H and O–H groups in total. The van der Waals surface area contributed by atoms with Gasteiger partial charge in [0.05, 0.1) is 16.6 Å². The molecule has 0 aliphatic rings. The number of halogens is 2. The van der Waals surface area contributed by atoms with E-state index in [1.165, 1.54) is 12.4 Å². The number of hydrogen-bond donors (Lipinski definition) is 1. The first-order valence-electron chi connectivity index (χ1n) is 6.07. The third kappa shape index (κ3) is 4.51. The average Bonchev–Trinajstić information content (AvgIpc) is 2.49. The number of nitrogens with one attached hydrogen (secondary N) is 1. The zero-order valence-corrected chi connectivity index (χ0v) is 12.4. The van der Waals surface area contributed by atoms with Crippen molar-refractivity contribution >= 4 is 34.9 Å². The Morgan fingerprint density at radius 3 is 2.48 bits per heavy atom. The lowest BCUT2D eigenvalue weighted by atomic mass is 10.1. The largest absolute Gasteiger partial charge is 0.342 e. The molecule has 0 bridgehead atoms. The van der Waals surface area contributed by atoms with Crippen molar-refractivity contribution in [3.63, 3.8) is 0 Å². The van der Waals surface area contributed by atoms with Crippen molar-refractivity contribution in [1.29, 1.82) is 0 Å². The third-order valence-electron chi connectivity index (χ3n) is 2.60. The van der Waals surface area contributed by atoms with Crippen molar-refractivity contribution in [2.45, 2.75) is 6.42 Å². The Labute approximate surface area is 131 Å². The van der Waals surface area contributed by atoms with E-state index in [-0.39, 0.29) is 24.6 Å². The van der Waals surface area contributed by atoms with Crippen LogP contribution in [0.1, 0.15) is 16.2 Å². The van der Waals surface area contributed by atoms with Crippen LogP contribution in [-0.2, 0) is 11.2 Å². The molecule has 0 unspecified atom stereocenters. The van der Waals surface area contributed by atoms with E-state index in [9.17, 15) is 9.59 Å². The number of aromatic nitrogens is 2. The molecule has 0 radical (unpaired) electrons. The molecule has 0 saturated carbocycles. The minimum atomic E-state index is -0.488. The van der Waals surface area contributed by atoms with Crippen LogP contribution in [0.3, 0.4) is 0 Å². The number of carbonyl (C=O) groups is 2. The van der Waals surface area contributed by atoms with E-state index in [1.54, 1.807) is 24.3 Å². The Kier molecular flexibility index (Phi) is 5.25. The van der Waals surface area contributed by atoms with Gasteiger partial charge in [0.1, 0.15) is 0 Å². The highest BCUT2D eigenvalue weighted by atomic mass is 35.5. The van der Waals surface area contributed by atoms with E-state index in [4.69, 9.17) is 23.2 Å². The Bertz CT molecular complexity index is 663. The number of nitrogens with zero attached hydrogens (tertiary/aromatic N) is 2. The molecule has 2 rings (SSSR count). The van der Waals surface area contributed by atoms with Crippen molar-refractivity contribution in [2.24, 2.45) is 0 Å². The molecular formula is C14H11Cl2N3O2. The minimum absolute atomic E-state index is 0.0276. The van der Waals surface area contributed by atoms with Crippen LogP contribution in [0.4, 0.5) is 0 Å². The van der Waals surface area contributed by atoms with Crippen LogP contribution >= 0.6 is 23.2 Å². The highest BCUT2D eigenvalue weighted by Gasteiger charge is 2.11. The summed E-state index contributed by atoms with van der Waals surface area (Å²) in [7, 11) is 0. The summed E-state index contributed by atoms with van der Waals surface area (Å²) in [6.45, 7) is -0.0999. The SMILES string of the molecule is O=C(CNC(=O)c1ncccn1)Cc1ccc(Cl)c(Cl)c1. The zero-order chi connectivity index (χ0) is 15.2. The summed E-state index contributed by atoms with van der Waals surface area (Å²) in [5, 5.41) is 3.30. The second-order valence-electron chi connectivity index (χ2n) is 4.22. The van der Waals surface area contributed by atoms with Crippen molar-refractivity contribution in [3.8, 4) is 0 Å². The Balaban J connectivity index is 1.87. The van der Waals surface area contributed by atoms with Gasteiger partial charge in [0.25, 0.3) is 5.91 Å². The second kappa shape index (κ2) is 7.15. The van der Waals surface area contributed by atoms with E-state index in [0.717, 1.165) is 5.56 Å². The Morgan fingerprint density at radius 2 is 1.81 bits per heavy atom. The average molecular weight is 324 g/mol. The van der Waals surface area contributed by atoms with Crippen LogP contribution in [0.25, 0.3) is 0 Å². The van der Waals surface area contributed by atoms with Gasteiger partial charge in [-0.2, -0.15) is 0 Å². The summed E-state index contributed by atoms with van der Waals surface area (Å²) in [5.74, 6) is -0.615. The van der Waals surface area contributed by atoms with E-state index in [2.05, 4.69) is 15.3 Å². The van der Waals surface area contributed by atoms with Crippen LogP contribution in [0.15, 0.2) is 36.7 Å². The first-order chi connectivity index (χ1) is 10.1. The van der Waals surface area contributed by atoms with E-state index in [1.807, 2.05) is 0 Å². The molecule has 0 aliphatic carbocycles. The van der Waals surface area contributed by atoms with Crippen LogP contribution in [0.5, 0.6) is 0 Å². The molecule has 0 fully saturated rings. The number of benzene rings is 1. The molecule has 1 heterocycles. The first kappa shape index (κ1) is 15.4. The van der Waals surface area contributed by atoms with Gasteiger partial charge >= 0.3 is 0 Å². The third-order valence-corrected chi connectivity index (χ3v) is 3.34. The second-order valence-corrected chi connectivity index (χ2v) is 5.03. The van der Waals surface area contributed by atoms with E-state index >= 15 is 0 Å². The van der Waals surface area contributed by atoms with Gasteiger partial charge in [0, 0.05) is 18.8 Å². The molecule has 1 aromatic carbocycles. The van der Waals surface area contributed by atoms with Gasteiger partial charge < -0.3 is 5.32 Å². The van der Waals surface area contributed by atoms with Gasteiger partial charge in [-0.05, 0) is 23.8 Å². The lowest BCUT2D eigenvalue weighted by Crippen LogP contribution is -2.31. The van der Waals surface area contributed by atoms with Crippen LogP contribution < -0.4 is 5.32 Å². The van der Waals surface area contributed by atoms with Crippen molar-refractivity contribution in [3.05, 3.63) is 58.1 Å². The van der Waals surface area contributed by atoms with Gasteiger partial charge in [-0.25, -0.2) is 9.97 Å². The number of ketones is 1. The fourth-order valence-electron chi connectivity index (χ4n) is 1.61. The maximum Gasteiger partial charge on any atom is 0.289 e. The van der Waals surface area contributed by atoms with Gasteiger partial charge in [-0.15, -0.1) is 0 Å². The standard InChI is InChI=1S/C14H11Cl2N3O2/c15-11-3-2-9(7-12(11)16)6-10(20)8-19-14(21)13-17-4-1-5-18-13/h1-5,7H,6,8H2,(H,19,21). The summed E-state index contributed by atoms with van der Waals surface area (Å²) >= 11 is 11.7. The predicted octanol–water partition coefficient (Wildman–Crippen LogP) is 2.33. The van der Waals surface area contributed by atoms with Crippen molar-refractivity contribution in [2.75, 3.05) is 6.54 Å². The fourth-order valence-corrected chi connectivity index (χ4v) is 1.93. The fraction of sp³-hybridized carbons (Fsp3) is 0.143. The highest BCUT2D eigenvalue weighted by Crippen LogP contribution is 2.22. The van der Waals surface area contributed by atoms with Crippen LogP contribution in [0, 0.1) is 0 Å². The lowest BCUT2D eigenvalue weighted by molar-refractivity contribution is -0.117. The number of Topliss-reactive ketones (excluding diaryl/α,β-unsaturated/α-hetero) is 1. The van der Waals surface area contributed by atoms with Crippen molar-refractivity contribution in [1.82, 2.24) is 15.3 Å². The smallest absolute Gasteiger partial charge is 0.289 e. The molecule has 0 saturated heterocycles. The molecule has 0 spiro atoms. The molecule has 7 heteroatoms. The topological polar surface area (TPSA) is 72.0 Å². The molecule has 0 atom stereocenters. The van der Waals surface area contributed by atoms with Crippen LogP contribution in [0.2, 0.25) is 10.0 Å². The van der Waals surface area contributed by atoms with Gasteiger partial charge in [-0.1, -0.05) is 29.3 Å². The molecule has 0 aliphatic heterocycles. The number of amides is 1. The van der Waals surface area contributed by atoms with Crippen LogP contribution in [-0.4, -0.2) is 28.2 Å². The summed E-state index contributed by atoms with van der Waals surface area (Å²) < 4.78 is 0. The number of rotatable bonds is 5. The van der Waals surface area contributed by atoms with Crippen molar-refractivity contribution < 1.29 is 9.59 Å². The summed E-state index contributed by atoms with van der Waals surface area (Å²) in [6.07, 6.45) is 3.08. The maximum atomic E-state index is 11.8. The molecule has 108 valence electrons. The number of hydrogen-bond acceptors (Lipinski definition) is 4. The summed E-state index contributed by atoms with van der Waals surface area (Å²) in [4.78, 5) is 31.1. The quantitative estimate of drug-likeness (QED) is 0.916. The summed E-state index contributed by atoms with van der Waals surface area (Å²) in [5.41, 5.74) is 0.736. The first-order valence-corrected chi connectivity index (χ1v) is 6.82. The molecule has 1 amide bonds. The maximum absolute atomic E-state index is 11.8. The molecule has 1 aromatic heterocycles. The van der Waals surface area contributed by atoms with E-state index < -0.39 is 5.91 Å². The van der Waals surface area contributed by atoms with E-state index in [0.29, 0.717) is 10.0 Å².